The van der Waals surface area contributed by atoms with E-state index in [4.69, 9.17) is 4.74 Å². The highest BCUT2D eigenvalue weighted by Crippen LogP contribution is 2.30. The average molecular weight is 198 g/mol. The van der Waals surface area contributed by atoms with E-state index in [2.05, 4.69) is 0 Å². The van der Waals surface area contributed by atoms with Crippen molar-refractivity contribution in [2.75, 3.05) is 0 Å². The van der Waals surface area contributed by atoms with Crippen LogP contribution in [0, 0.1) is 5.92 Å². The minimum absolute atomic E-state index is 0.159. The smallest absolute Gasteiger partial charge is 0.309 e. The summed E-state index contributed by atoms with van der Waals surface area (Å²) >= 11 is 0. The van der Waals surface area contributed by atoms with Crippen molar-refractivity contribution in [2.24, 2.45) is 5.92 Å². The molecule has 1 fully saturated rings. The first-order valence-corrected chi connectivity index (χ1v) is 5.29. The lowest BCUT2D eigenvalue weighted by atomic mass is 9.86. The summed E-state index contributed by atoms with van der Waals surface area (Å²) in [7, 11) is 0. The molecule has 1 rings (SSSR count). The Morgan fingerprint density at radius 2 is 1.86 bits per heavy atom. The standard InChI is InChI=1S/C11H18O3/c1-9(2)10(13)14-11(8-12)6-4-3-5-7-11/h8-9H,3-7H2,1-2H3. The third-order valence-electron chi connectivity index (χ3n) is 2.69. The van der Waals surface area contributed by atoms with Gasteiger partial charge >= 0.3 is 5.97 Å². The predicted molar refractivity (Wildman–Crippen MR) is 52.8 cm³/mol. The van der Waals surface area contributed by atoms with E-state index in [0.717, 1.165) is 25.5 Å². The second-order valence-corrected chi connectivity index (χ2v) is 4.32. The van der Waals surface area contributed by atoms with E-state index in [9.17, 15) is 9.59 Å². The number of aldehydes is 1. The molecule has 1 aliphatic carbocycles. The molecule has 0 amide bonds. The minimum Gasteiger partial charge on any atom is -0.451 e. The molecule has 0 radical (unpaired) electrons. The Bertz CT molecular complexity index is 215. The van der Waals surface area contributed by atoms with E-state index < -0.39 is 5.60 Å². The van der Waals surface area contributed by atoms with Gasteiger partial charge in [0, 0.05) is 0 Å². The fraction of sp³-hybridized carbons (Fsp3) is 0.818. The van der Waals surface area contributed by atoms with E-state index >= 15 is 0 Å². The number of hydrogen-bond acceptors (Lipinski definition) is 3. The van der Waals surface area contributed by atoms with Gasteiger partial charge in [-0.3, -0.25) is 9.59 Å². The lowest BCUT2D eigenvalue weighted by Gasteiger charge is -2.32. The van der Waals surface area contributed by atoms with Gasteiger partial charge in [0.2, 0.25) is 0 Å². The van der Waals surface area contributed by atoms with E-state index in [1.807, 2.05) is 0 Å². The molecule has 0 aliphatic heterocycles. The fourth-order valence-electron chi connectivity index (χ4n) is 1.71. The van der Waals surface area contributed by atoms with Gasteiger partial charge in [0.05, 0.1) is 5.92 Å². The van der Waals surface area contributed by atoms with Crippen LogP contribution < -0.4 is 0 Å². The Morgan fingerprint density at radius 3 is 2.29 bits per heavy atom. The summed E-state index contributed by atoms with van der Waals surface area (Å²) in [5.41, 5.74) is -0.806. The second kappa shape index (κ2) is 4.58. The van der Waals surface area contributed by atoms with Gasteiger partial charge in [-0.1, -0.05) is 20.3 Å². The Hall–Kier alpha value is -0.860. The number of carbonyl (C=O) groups excluding carboxylic acids is 2. The molecule has 0 unspecified atom stereocenters. The molecule has 0 aromatic heterocycles. The van der Waals surface area contributed by atoms with E-state index in [-0.39, 0.29) is 11.9 Å². The summed E-state index contributed by atoms with van der Waals surface area (Å²) in [6, 6.07) is 0. The van der Waals surface area contributed by atoms with Gasteiger partial charge < -0.3 is 4.74 Å². The molecular formula is C11H18O3. The van der Waals surface area contributed by atoms with Gasteiger partial charge in [-0.05, 0) is 25.7 Å². The highest BCUT2D eigenvalue weighted by Gasteiger charge is 2.36. The fourth-order valence-corrected chi connectivity index (χ4v) is 1.71. The second-order valence-electron chi connectivity index (χ2n) is 4.32. The highest BCUT2D eigenvalue weighted by molar-refractivity contribution is 5.76. The average Bonchev–Trinajstić information content (AvgIpc) is 2.19. The Balaban J connectivity index is 2.60. The highest BCUT2D eigenvalue weighted by atomic mass is 16.6. The topological polar surface area (TPSA) is 43.4 Å². The van der Waals surface area contributed by atoms with Crippen LogP contribution >= 0.6 is 0 Å². The van der Waals surface area contributed by atoms with Crippen molar-refractivity contribution >= 4 is 12.3 Å². The molecule has 3 heteroatoms. The van der Waals surface area contributed by atoms with Crippen molar-refractivity contribution in [3.8, 4) is 0 Å². The summed E-state index contributed by atoms with van der Waals surface area (Å²) in [5.74, 6) is -0.423. The van der Waals surface area contributed by atoms with Gasteiger partial charge in [-0.2, -0.15) is 0 Å². The van der Waals surface area contributed by atoms with Gasteiger partial charge in [-0.25, -0.2) is 0 Å². The zero-order valence-corrected chi connectivity index (χ0v) is 8.91. The summed E-state index contributed by atoms with van der Waals surface area (Å²) in [4.78, 5) is 22.4. The monoisotopic (exact) mass is 198 g/mol. The van der Waals surface area contributed by atoms with Crippen molar-refractivity contribution in [3.63, 3.8) is 0 Å². The van der Waals surface area contributed by atoms with Crippen molar-refractivity contribution < 1.29 is 14.3 Å². The molecule has 80 valence electrons. The van der Waals surface area contributed by atoms with Crippen molar-refractivity contribution in [3.05, 3.63) is 0 Å². The molecule has 0 N–H and O–H groups in total. The Kier molecular flexibility index (Phi) is 3.67. The SMILES string of the molecule is CC(C)C(=O)OC1(C=O)CCCCC1. The van der Waals surface area contributed by atoms with E-state index in [1.165, 1.54) is 0 Å². The van der Waals surface area contributed by atoms with Crippen LogP contribution in [0.1, 0.15) is 46.0 Å². The number of carbonyl (C=O) groups is 2. The first kappa shape index (κ1) is 11.2. The number of ether oxygens (including phenoxy) is 1. The quantitative estimate of drug-likeness (QED) is 0.515. The van der Waals surface area contributed by atoms with E-state index in [1.54, 1.807) is 13.8 Å². The lowest BCUT2D eigenvalue weighted by molar-refractivity contribution is -0.169. The summed E-state index contributed by atoms with van der Waals surface area (Å²) in [6.07, 6.45) is 5.28. The van der Waals surface area contributed by atoms with E-state index in [0.29, 0.717) is 12.8 Å². The third kappa shape index (κ3) is 2.56. The van der Waals surface area contributed by atoms with Crippen molar-refractivity contribution in [1.29, 1.82) is 0 Å². The molecule has 0 heterocycles. The number of rotatable bonds is 3. The lowest BCUT2D eigenvalue weighted by Crippen LogP contribution is -2.39. The zero-order chi connectivity index (χ0) is 10.6. The van der Waals surface area contributed by atoms with Gasteiger partial charge in [0.1, 0.15) is 0 Å². The van der Waals surface area contributed by atoms with Crippen LogP contribution in [-0.2, 0) is 14.3 Å². The first-order valence-electron chi connectivity index (χ1n) is 5.29. The van der Waals surface area contributed by atoms with Crippen LogP contribution in [0.4, 0.5) is 0 Å². The molecule has 0 saturated heterocycles. The van der Waals surface area contributed by atoms with Crippen LogP contribution in [0.5, 0.6) is 0 Å². The molecule has 0 bridgehead atoms. The number of hydrogen-bond donors (Lipinski definition) is 0. The maximum atomic E-state index is 11.4. The maximum absolute atomic E-state index is 11.4. The molecule has 0 aromatic carbocycles. The van der Waals surface area contributed by atoms with Gasteiger partial charge in [0.25, 0.3) is 0 Å². The van der Waals surface area contributed by atoms with Crippen LogP contribution in [0.15, 0.2) is 0 Å². The van der Waals surface area contributed by atoms with Crippen molar-refractivity contribution in [1.82, 2.24) is 0 Å². The third-order valence-corrected chi connectivity index (χ3v) is 2.69. The molecule has 0 aromatic rings. The minimum atomic E-state index is -0.806. The molecule has 0 atom stereocenters. The Labute approximate surface area is 84.8 Å². The Morgan fingerprint density at radius 1 is 1.29 bits per heavy atom. The predicted octanol–water partition coefficient (Wildman–Crippen LogP) is 2.09. The largest absolute Gasteiger partial charge is 0.451 e. The number of esters is 1. The van der Waals surface area contributed by atoms with Crippen LogP contribution in [-0.4, -0.2) is 17.9 Å². The molecule has 1 saturated carbocycles. The molecular weight excluding hydrogens is 180 g/mol. The molecule has 0 spiro atoms. The zero-order valence-electron chi connectivity index (χ0n) is 8.91. The maximum Gasteiger partial charge on any atom is 0.309 e. The molecule has 1 aliphatic rings. The molecule has 14 heavy (non-hydrogen) atoms. The van der Waals surface area contributed by atoms with Crippen molar-refractivity contribution in [2.45, 2.75) is 51.6 Å². The van der Waals surface area contributed by atoms with Crippen LogP contribution in [0.3, 0.4) is 0 Å². The summed E-state index contributed by atoms with van der Waals surface area (Å²) < 4.78 is 5.28. The van der Waals surface area contributed by atoms with Crippen LogP contribution in [0.2, 0.25) is 0 Å². The van der Waals surface area contributed by atoms with Gasteiger partial charge in [0.15, 0.2) is 11.9 Å². The van der Waals surface area contributed by atoms with Gasteiger partial charge in [-0.15, -0.1) is 0 Å². The summed E-state index contributed by atoms with van der Waals surface area (Å²) in [6.45, 7) is 3.56. The van der Waals surface area contributed by atoms with Crippen LogP contribution in [0.25, 0.3) is 0 Å². The normalized spacial score (nSPS) is 20.5. The first-order chi connectivity index (χ1) is 6.59. The molecule has 3 nitrogen and oxygen atoms in total. The summed E-state index contributed by atoms with van der Waals surface area (Å²) in [5, 5.41) is 0.